The minimum atomic E-state index is -3.52. The molecule has 19 heavy (non-hydrogen) atoms. The van der Waals surface area contributed by atoms with Crippen LogP contribution in [0.4, 0.5) is 0 Å². The zero-order valence-electron chi connectivity index (χ0n) is 11.5. The molecular formula is C13H21NO3S2. The Hall–Kier alpha value is -0.560. The number of rotatable bonds is 7. The maximum atomic E-state index is 12.3. The van der Waals surface area contributed by atoms with Crippen LogP contribution in [0.25, 0.3) is 0 Å². The molecule has 1 atom stereocenters. The second-order valence-electron chi connectivity index (χ2n) is 4.56. The molecule has 0 aromatic heterocycles. The van der Waals surface area contributed by atoms with Gasteiger partial charge in [-0.25, -0.2) is 13.1 Å². The zero-order chi connectivity index (χ0) is 14.5. The molecule has 0 aliphatic rings. The topological polar surface area (TPSA) is 66.4 Å². The Morgan fingerprint density at radius 1 is 1.42 bits per heavy atom. The number of benzene rings is 1. The van der Waals surface area contributed by atoms with Crippen molar-refractivity contribution in [1.82, 2.24) is 4.72 Å². The fraction of sp³-hybridized carbons (Fsp3) is 0.538. The average molecular weight is 303 g/mol. The molecule has 2 N–H and O–H groups in total. The Labute approximate surface area is 119 Å². The van der Waals surface area contributed by atoms with Crippen molar-refractivity contribution >= 4 is 21.8 Å². The highest BCUT2D eigenvalue weighted by atomic mass is 32.2. The minimum absolute atomic E-state index is 0.102. The number of hydrogen-bond donors (Lipinski definition) is 2. The summed E-state index contributed by atoms with van der Waals surface area (Å²) in [6, 6.07) is 4.87. The van der Waals surface area contributed by atoms with Crippen LogP contribution in [0.5, 0.6) is 0 Å². The summed E-state index contributed by atoms with van der Waals surface area (Å²) in [5.74, 6) is 0.916. The summed E-state index contributed by atoms with van der Waals surface area (Å²) in [5.41, 5.74) is 1.28. The van der Waals surface area contributed by atoms with Crippen LogP contribution in [-0.2, 0) is 16.6 Å². The van der Waals surface area contributed by atoms with Gasteiger partial charge in [0.05, 0.1) is 11.5 Å². The Balaban J connectivity index is 2.93. The summed E-state index contributed by atoms with van der Waals surface area (Å²) in [4.78, 5) is 0.245. The number of aliphatic hydroxyl groups excluding tert-OH is 1. The van der Waals surface area contributed by atoms with Crippen LogP contribution in [0.1, 0.15) is 24.5 Å². The van der Waals surface area contributed by atoms with Crippen LogP contribution in [0, 0.1) is 6.92 Å². The van der Waals surface area contributed by atoms with Gasteiger partial charge in [-0.2, -0.15) is 11.8 Å². The number of hydrogen-bond acceptors (Lipinski definition) is 4. The molecule has 6 heteroatoms. The molecule has 0 saturated carbocycles. The lowest BCUT2D eigenvalue weighted by Crippen LogP contribution is -2.33. The van der Waals surface area contributed by atoms with Crippen molar-refractivity contribution in [3.63, 3.8) is 0 Å². The third-order valence-electron chi connectivity index (χ3n) is 2.84. The number of nitrogens with one attached hydrogen (secondary N) is 1. The van der Waals surface area contributed by atoms with Gasteiger partial charge in [0, 0.05) is 6.04 Å². The van der Waals surface area contributed by atoms with E-state index in [4.69, 9.17) is 5.11 Å². The molecular weight excluding hydrogens is 282 g/mol. The van der Waals surface area contributed by atoms with Crippen LogP contribution in [0.2, 0.25) is 0 Å². The first-order valence-corrected chi connectivity index (χ1v) is 9.00. The first-order valence-electron chi connectivity index (χ1n) is 6.12. The summed E-state index contributed by atoms with van der Waals surface area (Å²) in [6.45, 7) is 3.45. The van der Waals surface area contributed by atoms with E-state index in [-0.39, 0.29) is 17.5 Å². The van der Waals surface area contributed by atoms with E-state index in [1.165, 1.54) is 6.07 Å². The van der Waals surface area contributed by atoms with Gasteiger partial charge >= 0.3 is 0 Å². The second kappa shape index (κ2) is 7.28. The van der Waals surface area contributed by atoms with Crippen molar-refractivity contribution in [2.24, 2.45) is 0 Å². The predicted octanol–water partition coefficient (Wildman–Crippen LogP) is 1.91. The van der Waals surface area contributed by atoms with Gasteiger partial charge in [-0.05, 0) is 49.5 Å². The molecule has 0 bridgehead atoms. The van der Waals surface area contributed by atoms with Gasteiger partial charge in [-0.15, -0.1) is 0 Å². The highest BCUT2D eigenvalue weighted by Crippen LogP contribution is 2.18. The highest BCUT2D eigenvalue weighted by Gasteiger charge is 2.19. The molecule has 1 rings (SSSR count). The van der Waals surface area contributed by atoms with Gasteiger partial charge in [0.1, 0.15) is 0 Å². The third kappa shape index (κ3) is 4.80. The molecule has 0 heterocycles. The van der Waals surface area contributed by atoms with Gasteiger partial charge in [-0.1, -0.05) is 12.1 Å². The van der Waals surface area contributed by atoms with Crippen LogP contribution in [-0.4, -0.2) is 31.6 Å². The quantitative estimate of drug-likeness (QED) is 0.807. The van der Waals surface area contributed by atoms with E-state index in [0.29, 0.717) is 11.1 Å². The van der Waals surface area contributed by atoms with Gasteiger partial charge in [0.25, 0.3) is 0 Å². The number of aliphatic hydroxyl groups is 1. The smallest absolute Gasteiger partial charge is 0.241 e. The Bertz CT molecular complexity index is 515. The van der Waals surface area contributed by atoms with Gasteiger partial charge in [0.15, 0.2) is 0 Å². The summed E-state index contributed by atoms with van der Waals surface area (Å²) in [6.07, 6.45) is 2.79. The number of thioether (sulfide) groups is 1. The van der Waals surface area contributed by atoms with Crippen molar-refractivity contribution in [2.45, 2.75) is 37.8 Å². The van der Waals surface area contributed by atoms with Gasteiger partial charge < -0.3 is 5.11 Å². The molecule has 0 aliphatic carbocycles. The van der Waals surface area contributed by atoms with Crippen molar-refractivity contribution in [3.8, 4) is 0 Å². The normalized spacial score (nSPS) is 13.5. The monoisotopic (exact) mass is 303 g/mol. The summed E-state index contributed by atoms with van der Waals surface area (Å²) in [7, 11) is -3.52. The van der Waals surface area contributed by atoms with E-state index >= 15 is 0 Å². The number of sulfonamides is 1. The molecule has 4 nitrogen and oxygen atoms in total. The van der Waals surface area contributed by atoms with Crippen molar-refractivity contribution in [1.29, 1.82) is 0 Å². The fourth-order valence-corrected chi connectivity index (χ4v) is 3.88. The van der Waals surface area contributed by atoms with Gasteiger partial charge in [-0.3, -0.25) is 0 Å². The largest absolute Gasteiger partial charge is 0.392 e. The summed E-state index contributed by atoms with van der Waals surface area (Å²) >= 11 is 1.69. The van der Waals surface area contributed by atoms with Crippen molar-refractivity contribution < 1.29 is 13.5 Å². The van der Waals surface area contributed by atoms with Crippen LogP contribution < -0.4 is 4.72 Å². The molecule has 0 amide bonds. The van der Waals surface area contributed by atoms with E-state index in [1.54, 1.807) is 30.8 Å². The second-order valence-corrected chi connectivity index (χ2v) is 7.23. The average Bonchev–Trinajstić information content (AvgIpc) is 2.36. The molecule has 0 fully saturated rings. The lowest BCUT2D eigenvalue weighted by molar-refractivity contribution is 0.281. The molecule has 0 aliphatic heterocycles. The molecule has 0 radical (unpaired) electrons. The lowest BCUT2D eigenvalue weighted by Gasteiger charge is -2.15. The molecule has 1 unspecified atom stereocenters. The van der Waals surface area contributed by atoms with E-state index in [1.807, 2.05) is 13.2 Å². The molecule has 0 spiro atoms. The molecule has 1 aromatic rings. The van der Waals surface area contributed by atoms with Crippen LogP contribution >= 0.6 is 11.8 Å². The zero-order valence-corrected chi connectivity index (χ0v) is 13.1. The van der Waals surface area contributed by atoms with E-state index in [2.05, 4.69) is 4.72 Å². The number of aryl methyl sites for hydroxylation is 1. The fourth-order valence-electron chi connectivity index (χ4n) is 1.71. The first-order chi connectivity index (χ1) is 8.90. The van der Waals surface area contributed by atoms with Crippen LogP contribution in [0.15, 0.2) is 23.1 Å². The molecule has 1 aromatic carbocycles. The van der Waals surface area contributed by atoms with Crippen molar-refractivity contribution in [2.75, 3.05) is 12.0 Å². The van der Waals surface area contributed by atoms with E-state index < -0.39 is 10.0 Å². The van der Waals surface area contributed by atoms with E-state index in [0.717, 1.165) is 12.2 Å². The standard InChI is InChI=1S/C13H21NO3S2/c1-10-4-5-12(9-15)8-13(10)19(16,17)14-11(2)6-7-18-3/h4-5,8,11,14-15H,6-7,9H2,1-3H3. The van der Waals surface area contributed by atoms with Crippen LogP contribution in [0.3, 0.4) is 0 Å². The third-order valence-corrected chi connectivity index (χ3v) is 5.21. The Morgan fingerprint density at radius 2 is 2.11 bits per heavy atom. The van der Waals surface area contributed by atoms with Crippen molar-refractivity contribution in [3.05, 3.63) is 29.3 Å². The highest BCUT2D eigenvalue weighted by molar-refractivity contribution is 7.98. The predicted molar refractivity (Wildman–Crippen MR) is 79.9 cm³/mol. The van der Waals surface area contributed by atoms with Gasteiger partial charge in [0.2, 0.25) is 10.0 Å². The maximum Gasteiger partial charge on any atom is 0.241 e. The molecule has 0 saturated heterocycles. The van der Waals surface area contributed by atoms with E-state index in [9.17, 15) is 8.42 Å². The summed E-state index contributed by atoms with van der Waals surface area (Å²) in [5, 5.41) is 9.10. The summed E-state index contributed by atoms with van der Waals surface area (Å²) < 4.78 is 27.3. The Kier molecular flexibility index (Phi) is 6.32. The minimum Gasteiger partial charge on any atom is -0.392 e. The first kappa shape index (κ1) is 16.5. The maximum absolute atomic E-state index is 12.3. The lowest BCUT2D eigenvalue weighted by atomic mass is 10.2. The molecule has 108 valence electrons. The Morgan fingerprint density at radius 3 is 2.68 bits per heavy atom. The SMILES string of the molecule is CSCCC(C)NS(=O)(=O)c1cc(CO)ccc1C.